The Labute approximate surface area is 152 Å². The summed E-state index contributed by atoms with van der Waals surface area (Å²) in [6.07, 6.45) is 9.57. The van der Waals surface area contributed by atoms with Gasteiger partial charge in [0.2, 0.25) is 5.91 Å². The summed E-state index contributed by atoms with van der Waals surface area (Å²) in [5, 5.41) is 3.18. The van der Waals surface area contributed by atoms with E-state index in [0.717, 1.165) is 56.5 Å². The van der Waals surface area contributed by atoms with Crippen molar-refractivity contribution in [3.8, 4) is 0 Å². The maximum atomic E-state index is 12.1. The van der Waals surface area contributed by atoms with E-state index in [4.69, 9.17) is 4.42 Å². The average molecular weight is 347 g/mol. The number of hydrogen-bond donors (Lipinski definition) is 1. The van der Waals surface area contributed by atoms with Crippen LogP contribution in [0.15, 0.2) is 10.5 Å². The van der Waals surface area contributed by atoms with Gasteiger partial charge in [-0.1, -0.05) is 25.7 Å². The molecule has 1 N–H and O–H groups in total. The molecule has 0 spiro atoms. The molecular weight excluding hydrogens is 312 g/mol. The summed E-state index contributed by atoms with van der Waals surface area (Å²) in [7, 11) is 0. The molecular formula is C21H34N2O2. The summed E-state index contributed by atoms with van der Waals surface area (Å²) in [5.41, 5.74) is 1.32. The van der Waals surface area contributed by atoms with Gasteiger partial charge in [0.1, 0.15) is 11.5 Å². The van der Waals surface area contributed by atoms with Crippen LogP contribution in [0.1, 0.15) is 68.5 Å². The van der Waals surface area contributed by atoms with Crippen LogP contribution in [0.25, 0.3) is 0 Å². The SMILES string of the molecule is Cc1cc(CN2CCC(CNC(=O)CCC3CCCC3)CC2)c(C)o1. The third-order valence-corrected chi connectivity index (χ3v) is 6.09. The fourth-order valence-corrected chi connectivity index (χ4v) is 4.41. The van der Waals surface area contributed by atoms with Crippen molar-refractivity contribution in [1.82, 2.24) is 10.2 Å². The monoisotopic (exact) mass is 346 g/mol. The largest absolute Gasteiger partial charge is 0.466 e. The predicted octanol–water partition coefficient (Wildman–Crippen LogP) is 4.20. The Hall–Kier alpha value is -1.29. The van der Waals surface area contributed by atoms with Crippen LogP contribution >= 0.6 is 0 Å². The van der Waals surface area contributed by atoms with Crippen molar-refractivity contribution >= 4 is 5.91 Å². The van der Waals surface area contributed by atoms with Gasteiger partial charge in [0.05, 0.1) is 0 Å². The first-order valence-corrected chi connectivity index (χ1v) is 10.1. The van der Waals surface area contributed by atoms with E-state index in [1.54, 1.807) is 0 Å². The summed E-state index contributed by atoms with van der Waals surface area (Å²) in [6.45, 7) is 8.15. The smallest absolute Gasteiger partial charge is 0.220 e. The number of nitrogens with zero attached hydrogens (tertiary/aromatic N) is 1. The van der Waals surface area contributed by atoms with E-state index >= 15 is 0 Å². The van der Waals surface area contributed by atoms with Gasteiger partial charge in [0.25, 0.3) is 0 Å². The lowest BCUT2D eigenvalue weighted by Crippen LogP contribution is -2.38. The van der Waals surface area contributed by atoms with E-state index in [9.17, 15) is 4.79 Å². The maximum absolute atomic E-state index is 12.1. The quantitative estimate of drug-likeness (QED) is 0.805. The van der Waals surface area contributed by atoms with E-state index < -0.39 is 0 Å². The molecule has 4 nitrogen and oxygen atoms in total. The fraction of sp³-hybridized carbons (Fsp3) is 0.762. The number of nitrogens with one attached hydrogen (secondary N) is 1. The molecule has 25 heavy (non-hydrogen) atoms. The second-order valence-corrected chi connectivity index (χ2v) is 8.15. The zero-order valence-corrected chi connectivity index (χ0v) is 16.0. The minimum atomic E-state index is 0.263. The predicted molar refractivity (Wildman–Crippen MR) is 100 cm³/mol. The molecule has 0 aromatic carbocycles. The van der Waals surface area contributed by atoms with Crippen molar-refractivity contribution in [3.63, 3.8) is 0 Å². The molecule has 0 atom stereocenters. The average Bonchev–Trinajstić information content (AvgIpc) is 3.22. The molecule has 1 aromatic heterocycles. The van der Waals surface area contributed by atoms with Crippen molar-refractivity contribution in [2.75, 3.05) is 19.6 Å². The van der Waals surface area contributed by atoms with Crippen LogP contribution in [0, 0.1) is 25.7 Å². The van der Waals surface area contributed by atoms with Crippen LogP contribution in [0.3, 0.4) is 0 Å². The van der Waals surface area contributed by atoms with Crippen LogP contribution in [-0.4, -0.2) is 30.4 Å². The zero-order chi connectivity index (χ0) is 17.6. The number of carbonyl (C=O) groups is 1. The van der Waals surface area contributed by atoms with Gasteiger partial charge in [0.15, 0.2) is 0 Å². The molecule has 1 saturated heterocycles. The van der Waals surface area contributed by atoms with Gasteiger partial charge < -0.3 is 9.73 Å². The minimum Gasteiger partial charge on any atom is -0.466 e. The Morgan fingerprint density at radius 1 is 1.16 bits per heavy atom. The molecule has 3 rings (SSSR count). The molecule has 1 amide bonds. The van der Waals surface area contributed by atoms with E-state index in [1.165, 1.54) is 44.1 Å². The van der Waals surface area contributed by atoms with Gasteiger partial charge in [-0.15, -0.1) is 0 Å². The fourth-order valence-electron chi connectivity index (χ4n) is 4.41. The number of piperidine rings is 1. The summed E-state index contributed by atoms with van der Waals surface area (Å²) >= 11 is 0. The van der Waals surface area contributed by atoms with Crippen molar-refractivity contribution < 1.29 is 9.21 Å². The second kappa shape index (κ2) is 8.88. The highest BCUT2D eigenvalue weighted by molar-refractivity contribution is 5.75. The highest BCUT2D eigenvalue weighted by Crippen LogP contribution is 2.28. The maximum Gasteiger partial charge on any atom is 0.220 e. The van der Waals surface area contributed by atoms with Crippen LogP contribution in [0.2, 0.25) is 0 Å². The van der Waals surface area contributed by atoms with Crippen LogP contribution < -0.4 is 5.32 Å². The zero-order valence-electron chi connectivity index (χ0n) is 16.0. The highest BCUT2D eigenvalue weighted by Gasteiger charge is 2.21. The van der Waals surface area contributed by atoms with Gasteiger partial charge in [-0.25, -0.2) is 0 Å². The summed E-state index contributed by atoms with van der Waals surface area (Å²) in [6, 6.07) is 2.16. The van der Waals surface area contributed by atoms with Crippen LogP contribution in [0.4, 0.5) is 0 Å². The van der Waals surface area contributed by atoms with Gasteiger partial charge in [0, 0.05) is 25.1 Å². The molecule has 1 aliphatic heterocycles. The molecule has 1 aliphatic carbocycles. The van der Waals surface area contributed by atoms with E-state index in [-0.39, 0.29) is 5.91 Å². The molecule has 1 saturated carbocycles. The Kier molecular flexibility index (Phi) is 6.57. The van der Waals surface area contributed by atoms with Crippen molar-refractivity contribution in [2.24, 2.45) is 11.8 Å². The molecule has 2 fully saturated rings. The lowest BCUT2D eigenvalue weighted by molar-refractivity contribution is -0.121. The van der Waals surface area contributed by atoms with Crippen LogP contribution in [0.5, 0.6) is 0 Å². The topological polar surface area (TPSA) is 45.5 Å². The number of likely N-dealkylation sites (tertiary alicyclic amines) is 1. The molecule has 2 aliphatic rings. The summed E-state index contributed by atoms with van der Waals surface area (Å²) in [4.78, 5) is 14.6. The van der Waals surface area contributed by atoms with Gasteiger partial charge in [-0.2, -0.15) is 0 Å². The number of carbonyl (C=O) groups excluding carboxylic acids is 1. The van der Waals surface area contributed by atoms with E-state index in [1.807, 2.05) is 6.92 Å². The Balaban J connectivity index is 1.31. The van der Waals surface area contributed by atoms with Crippen molar-refractivity contribution in [3.05, 3.63) is 23.2 Å². The second-order valence-electron chi connectivity index (χ2n) is 8.15. The number of hydrogen-bond acceptors (Lipinski definition) is 3. The minimum absolute atomic E-state index is 0.263. The first-order valence-electron chi connectivity index (χ1n) is 10.1. The summed E-state index contributed by atoms with van der Waals surface area (Å²) < 4.78 is 5.63. The third-order valence-electron chi connectivity index (χ3n) is 6.09. The molecule has 2 heterocycles. The lowest BCUT2D eigenvalue weighted by Gasteiger charge is -2.31. The number of aryl methyl sites for hydroxylation is 2. The number of amides is 1. The Morgan fingerprint density at radius 2 is 1.88 bits per heavy atom. The van der Waals surface area contributed by atoms with Crippen molar-refractivity contribution in [1.29, 1.82) is 0 Å². The number of furan rings is 1. The van der Waals surface area contributed by atoms with Gasteiger partial charge >= 0.3 is 0 Å². The Bertz CT molecular complexity index is 552. The van der Waals surface area contributed by atoms with Crippen molar-refractivity contribution in [2.45, 2.75) is 71.8 Å². The normalized spacial score (nSPS) is 20.2. The molecule has 0 radical (unpaired) electrons. The first kappa shape index (κ1) is 18.5. The number of rotatable bonds is 7. The Morgan fingerprint density at radius 3 is 2.52 bits per heavy atom. The standard InChI is InChI=1S/C21H34N2O2/c1-16-13-20(17(2)25-16)15-23-11-9-19(10-12-23)14-22-21(24)8-7-18-5-3-4-6-18/h13,18-19H,3-12,14-15H2,1-2H3,(H,22,24). The molecule has 0 unspecified atom stereocenters. The lowest BCUT2D eigenvalue weighted by atomic mass is 9.96. The van der Waals surface area contributed by atoms with E-state index in [2.05, 4.69) is 23.2 Å². The molecule has 1 aromatic rings. The molecule has 0 bridgehead atoms. The first-order chi connectivity index (χ1) is 12.1. The van der Waals surface area contributed by atoms with Gasteiger partial charge in [-0.3, -0.25) is 9.69 Å². The highest BCUT2D eigenvalue weighted by atomic mass is 16.3. The van der Waals surface area contributed by atoms with Gasteiger partial charge in [-0.05, 0) is 64.1 Å². The molecule has 4 heteroatoms. The van der Waals surface area contributed by atoms with Crippen LogP contribution in [-0.2, 0) is 11.3 Å². The van der Waals surface area contributed by atoms with E-state index in [0.29, 0.717) is 5.92 Å². The third kappa shape index (κ3) is 5.60. The molecule has 140 valence electrons. The summed E-state index contributed by atoms with van der Waals surface area (Å²) in [5.74, 6) is 3.76.